The molecule has 2 aliphatic carbocycles. The van der Waals surface area contributed by atoms with Crippen LogP contribution in [0.4, 0.5) is 0 Å². The molecule has 17 aromatic rings. The summed E-state index contributed by atoms with van der Waals surface area (Å²) in [6, 6.07) is 36.2. The number of benzene rings is 1. The predicted octanol–water partition coefficient (Wildman–Crippen LogP) is 23.2. The van der Waals surface area contributed by atoms with Crippen molar-refractivity contribution in [1.29, 1.82) is 0 Å². The van der Waals surface area contributed by atoms with E-state index in [0.29, 0.717) is 40.3 Å². The van der Waals surface area contributed by atoms with Gasteiger partial charge in [0.15, 0.2) is 0 Å². The van der Waals surface area contributed by atoms with Gasteiger partial charge in [-0.2, -0.15) is 0 Å². The molecule has 0 fully saturated rings. The van der Waals surface area contributed by atoms with Crippen LogP contribution in [0.15, 0.2) is 208 Å². The van der Waals surface area contributed by atoms with Crippen LogP contribution in [-0.4, -0.2) is 101 Å². The number of hydrogen-bond acceptors (Lipinski definition) is 20. The molecule has 16 aromatic heterocycles. The van der Waals surface area contributed by atoms with E-state index in [2.05, 4.69) is 383 Å². The van der Waals surface area contributed by atoms with Crippen molar-refractivity contribution in [2.45, 2.75) is 314 Å². The van der Waals surface area contributed by atoms with Crippen molar-refractivity contribution >= 4 is 0 Å². The van der Waals surface area contributed by atoms with Crippen molar-refractivity contribution in [1.82, 2.24) is 141 Å². The van der Waals surface area contributed by atoms with Gasteiger partial charge in [0.25, 0.3) is 0 Å². The molecule has 0 unspecified atom stereocenters. The zero-order chi connectivity index (χ0) is 104. The van der Waals surface area contributed by atoms with E-state index in [4.69, 9.17) is 15.0 Å². The first-order valence-electron chi connectivity index (χ1n) is 49.5. The Labute approximate surface area is 927 Å². The quantitative estimate of drug-likeness (QED) is 0.110. The zero-order valence-electron chi connectivity index (χ0n) is 90.7. The molecule has 147 heavy (non-hydrogen) atoms. The van der Waals surface area contributed by atoms with Gasteiger partial charge in [-0.05, 0) is 184 Å². The average Bonchev–Trinajstić information content (AvgIpc) is 1.62. The summed E-state index contributed by atoms with van der Waals surface area (Å²) in [7, 11) is 0. The van der Waals surface area contributed by atoms with E-state index >= 15 is 0 Å². The molecule has 0 bridgehead atoms. The second-order valence-electron chi connectivity index (χ2n) is 46.0. The molecule has 19 rings (SSSR count). The van der Waals surface area contributed by atoms with Crippen molar-refractivity contribution in [3.05, 3.63) is 287 Å². The molecule has 2 aliphatic rings. The largest absolute Gasteiger partial charge is 2.00 e. The molecule has 0 saturated carbocycles. The molecule has 0 aliphatic heterocycles. The Hall–Kier alpha value is -11.4. The van der Waals surface area contributed by atoms with E-state index in [-0.39, 0.29) is 133 Å². The van der Waals surface area contributed by atoms with Gasteiger partial charge < -0.3 is 81.6 Å². The summed E-state index contributed by atoms with van der Waals surface area (Å²) >= 11 is 0. The Balaban J connectivity index is 0.000000211. The Morgan fingerprint density at radius 1 is 0.286 bits per heavy atom. The van der Waals surface area contributed by atoms with Crippen LogP contribution in [-0.2, 0) is 159 Å². The summed E-state index contributed by atoms with van der Waals surface area (Å²) in [5, 5.41) is 69.3. The Bertz CT molecular complexity index is 6650. The first kappa shape index (κ1) is 121. The van der Waals surface area contributed by atoms with Crippen LogP contribution >= 0.6 is 0 Å². The van der Waals surface area contributed by atoms with Crippen LogP contribution in [0.1, 0.15) is 318 Å². The zero-order valence-corrected chi connectivity index (χ0v) is 99.8. The molecule has 0 N–H and O–H groups in total. The second kappa shape index (κ2) is 52.1. The van der Waals surface area contributed by atoms with E-state index in [1.165, 1.54) is 51.8 Å². The first-order valence-corrected chi connectivity index (χ1v) is 49.5. The average molecular weight is 2700 g/mol. The van der Waals surface area contributed by atoms with Crippen molar-refractivity contribution in [2.75, 3.05) is 0 Å². The fourth-order valence-corrected chi connectivity index (χ4v) is 15.6. The van der Waals surface area contributed by atoms with Gasteiger partial charge in [-0.15, -0.1) is 0 Å². The van der Waals surface area contributed by atoms with E-state index in [9.17, 15) is 0 Å². The molecule has 0 radical (unpaired) electrons. The van der Waals surface area contributed by atoms with E-state index in [1.54, 1.807) is 49.6 Å². The van der Waals surface area contributed by atoms with Gasteiger partial charge >= 0.3 is 84.3 Å². The Kier molecular flexibility index (Phi) is 42.8. The maximum Gasteiger partial charge on any atom is 2.00 e. The number of aryl methyl sites for hydroxylation is 1. The third-order valence-corrected chi connectivity index (χ3v) is 24.3. The van der Waals surface area contributed by atoms with Gasteiger partial charge in [0, 0.05) is 122 Å². The molecular weight excluding hydrogens is 2550 g/mol. The summed E-state index contributed by atoms with van der Waals surface area (Å²) in [5.41, 5.74) is 30.7. The van der Waals surface area contributed by atoms with Gasteiger partial charge in [0.1, 0.15) is 0 Å². The van der Waals surface area contributed by atoms with Crippen LogP contribution in [0.25, 0.3) is 102 Å². The minimum absolute atomic E-state index is 0. The monoisotopic (exact) mass is 2700 g/mol. The maximum atomic E-state index is 4.78. The fourth-order valence-electron chi connectivity index (χ4n) is 15.6. The Morgan fingerprint density at radius 2 is 0.585 bits per heavy atom. The minimum Gasteiger partial charge on any atom is -0.573 e. The van der Waals surface area contributed by atoms with Crippen molar-refractivity contribution in [2.24, 2.45) is 5.92 Å². The van der Waals surface area contributed by atoms with Crippen LogP contribution in [0.5, 0.6) is 0 Å². The van der Waals surface area contributed by atoms with Crippen LogP contribution in [0.2, 0.25) is 0 Å². The summed E-state index contributed by atoms with van der Waals surface area (Å²) < 4.78 is 0. The normalized spacial score (nSPS) is 12.8. The van der Waals surface area contributed by atoms with Crippen LogP contribution in [0, 0.1) is 5.92 Å². The topological polar surface area (TPSA) is 371 Å². The minimum atomic E-state index is -0.0575. The molecule has 0 atom stereocenters. The van der Waals surface area contributed by atoms with Gasteiger partial charge in [-0.25, -0.2) is 19.9 Å². The van der Waals surface area contributed by atoms with Gasteiger partial charge in [0.2, 0.25) is 0 Å². The van der Waals surface area contributed by atoms with E-state index < -0.39 is 0 Å². The number of fused-ring (bicyclic) bond motifs is 2. The first-order chi connectivity index (χ1) is 67.4. The van der Waals surface area contributed by atoms with Crippen molar-refractivity contribution < 1.29 is 84.3 Å². The standard InChI is InChI=1S/C21H28N6.C20H24N6.C20H18N6.C18H20N6.4C9H13N.4Pt/c1-12(2)8-15-19(13(3)4)20(27-25-15)17-11-22-10-16(23-17)14-9-18(26-24-14)21(5,6)7;1-19(2,3)16-9-13(23-24-16)14-10-21-11-15(22-14)17-12-7-6-8-20(4,5)18(12)26-25-17;1-20(2,3)19-10-16(25-26-19)18-12-21-11-17(22-18)15-9-14(23-24-15)13-7-5-4-6-8-13;1-18(2,3)16-8-13(22-23-16)14-9-19-10-15(20-14)17-11-6-4-5-7-12(11)21-24-17;4*1-9(2,3)8-4-6-10-7-5-8;;;;/h9-13H,8H2,1-7H3;9-11H,6-8H2,1-5H3;4-12H,1-3H3;8-10H,4-7H2,1-3H3;4*4-7H,1-3H3;;;;/q4*-2;;;;;4*+2. The summed E-state index contributed by atoms with van der Waals surface area (Å²) in [6.45, 7) is 65.0. The van der Waals surface area contributed by atoms with Gasteiger partial charge in [-0.1, -0.05) is 308 Å². The molecular formula is C115H142N28Pt4. The number of nitrogens with zero attached hydrogens (tertiary/aromatic N) is 28. The number of hydrogen-bond donors (Lipinski definition) is 0. The number of rotatable bonds is 12. The van der Waals surface area contributed by atoms with Gasteiger partial charge in [0.05, 0.1) is 95.1 Å². The third kappa shape index (κ3) is 33.8. The molecule has 782 valence electrons. The molecule has 0 saturated heterocycles. The third-order valence-electron chi connectivity index (χ3n) is 24.3. The summed E-state index contributed by atoms with van der Waals surface area (Å²) in [4.78, 5) is 52.1. The molecule has 28 nitrogen and oxygen atoms in total. The maximum absolute atomic E-state index is 4.78. The van der Waals surface area contributed by atoms with Crippen molar-refractivity contribution in [3.8, 4) is 102 Å². The van der Waals surface area contributed by atoms with Crippen LogP contribution < -0.4 is 40.8 Å². The number of aromatic nitrogens is 28. The number of pyridine rings is 4. The summed E-state index contributed by atoms with van der Waals surface area (Å²) in [5.74, 6) is 0.847. The van der Waals surface area contributed by atoms with Crippen molar-refractivity contribution in [3.63, 3.8) is 0 Å². The molecule has 0 amide bonds. The predicted molar refractivity (Wildman–Crippen MR) is 568 cm³/mol. The van der Waals surface area contributed by atoms with E-state index in [1.807, 2.05) is 110 Å². The fraction of sp³-hybridized carbons (Fsp3) is 0.426. The van der Waals surface area contributed by atoms with E-state index in [0.717, 1.165) is 152 Å². The SMILES string of the molecule is CC(C)(C)c1cc(-c2cncc(-c3[n-]nc4c3CCCC4(C)C)n2)[n-]n1.CC(C)(C)c1cc(-c2cncc(-c3[n-]nc4c3CCCC4)n2)[n-]n1.CC(C)(C)c1cc(-c2cncc(-c3cc(-c4ccccc4)n[n-]3)n2)[n-]n1.CC(C)(C)c1ccncc1.CC(C)(C)c1ccncc1.CC(C)(C)c1ccncc1.CC(C)(C)c1ccncc1.CC(C)Cc1n[n-]c(-c2cncc(-c3cc(C(C)(C)C)n[n-]3)n2)c1C(C)C.[Pt+2].[Pt+2].[Pt+2].[Pt+2]. The molecule has 0 spiro atoms. The molecule has 1 aromatic carbocycles. The van der Waals surface area contributed by atoms with Gasteiger partial charge in [-0.3, -0.25) is 39.9 Å². The summed E-state index contributed by atoms with van der Waals surface area (Å²) in [6.07, 6.45) is 37.1. The van der Waals surface area contributed by atoms with Crippen LogP contribution in [0.3, 0.4) is 0 Å². The smallest absolute Gasteiger partial charge is 0.573 e. The second-order valence-corrected chi connectivity index (χ2v) is 46.0. The Morgan fingerprint density at radius 3 is 0.912 bits per heavy atom. The molecule has 16 heterocycles. The molecule has 32 heteroatoms.